The van der Waals surface area contributed by atoms with Crippen LogP contribution in [0.25, 0.3) is 10.9 Å². The Morgan fingerprint density at radius 3 is 2.86 bits per heavy atom. The first kappa shape index (κ1) is 9.15. The molecule has 0 spiro atoms. The Balaban J connectivity index is 3.14. The lowest BCUT2D eigenvalue weighted by molar-refractivity contribution is 0.823. The van der Waals surface area contributed by atoms with Crippen LogP contribution in [-0.4, -0.2) is 9.55 Å². The van der Waals surface area contributed by atoms with Gasteiger partial charge in [-0.3, -0.25) is 9.36 Å². The summed E-state index contributed by atoms with van der Waals surface area (Å²) in [6, 6.07) is 5.62. The van der Waals surface area contributed by atoms with Crippen molar-refractivity contribution >= 4 is 23.1 Å². The molecule has 14 heavy (non-hydrogen) atoms. The molecule has 2 rings (SSSR count). The van der Waals surface area contributed by atoms with Crippen LogP contribution in [0.1, 0.15) is 5.56 Å². The number of aromatic amines is 1. The summed E-state index contributed by atoms with van der Waals surface area (Å²) in [6.07, 6.45) is 0. The number of para-hydroxylation sites is 1. The Labute approximate surface area is 86.0 Å². The van der Waals surface area contributed by atoms with Gasteiger partial charge in [0.2, 0.25) is 0 Å². The topological polar surface area (TPSA) is 37.8 Å². The number of rotatable bonds is 0. The number of nitrogens with one attached hydrogen (secondary N) is 1. The minimum absolute atomic E-state index is 0.0487. The van der Waals surface area contributed by atoms with Crippen LogP contribution in [0.5, 0.6) is 0 Å². The smallest absolute Gasteiger partial charge is 0.261 e. The van der Waals surface area contributed by atoms with Crippen molar-refractivity contribution < 1.29 is 0 Å². The highest BCUT2D eigenvalue weighted by molar-refractivity contribution is 7.71. The first-order valence-corrected chi connectivity index (χ1v) is 4.70. The number of H-pyrrole nitrogens is 1. The van der Waals surface area contributed by atoms with E-state index in [4.69, 9.17) is 12.2 Å². The van der Waals surface area contributed by atoms with Crippen LogP contribution in [0.3, 0.4) is 0 Å². The van der Waals surface area contributed by atoms with E-state index in [-0.39, 0.29) is 5.56 Å². The molecule has 0 saturated carbocycles. The van der Waals surface area contributed by atoms with E-state index in [0.717, 1.165) is 11.1 Å². The molecule has 0 amide bonds. The Bertz CT molecular complexity index is 610. The van der Waals surface area contributed by atoms with E-state index >= 15 is 0 Å². The monoisotopic (exact) mass is 206 g/mol. The van der Waals surface area contributed by atoms with E-state index in [9.17, 15) is 4.79 Å². The highest BCUT2D eigenvalue weighted by Gasteiger charge is 2.03. The van der Waals surface area contributed by atoms with Crippen molar-refractivity contribution in [2.24, 2.45) is 7.05 Å². The number of hydrogen-bond donors (Lipinski definition) is 1. The molecular formula is C10H10N2OS. The summed E-state index contributed by atoms with van der Waals surface area (Å²) >= 11 is 5.04. The average molecular weight is 206 g/mol. The predicted molar refractivity (Wildman–Crippen MR) is 59.1 cm³/mol. The van der Waals surface area contributed by atoms with Crippen molar-refractivity contribution in [3.8, 4) is 0 Å². The van der Waals surface area contributed by atoms with Crippen LogP contribution < -0.4 is 5.56 Å². The maximum absolute atomic E-state index is 11.8. The SMILES string of the molecule is Cc1cccc2c(=O)n(C)c(=S)[nH]c12. The predicted octanol–water partition coefficient (Wildman–Crippen LogP) is 1.90. The normalized spacial score (nSPS) is 10.7. The quantitative estimate of drug-likeness (QED) is 0.668. The van der Waals surface area contributed by atoms with Gasteiger partial charge >= 0.3 is 0 Å². The van der Waals surface area contributed by atoms with Crippen LogP contribution in [-0.2, 0) is 7.05 Å². The van der Waals surface area contributed by atoms with Crippen LogP contribution in [0.4, 0.5) is 0 Å². The molecule has 1 N–H and O–H groups in total. The zero-order chi connectivity index (χ0) is 10.3. The van der Waals surface area contributed by atoms with E-state index in [1.54, 1.807) is 13.1 Å². The molecule has 0 atom stereocenters. The number of aromatic nitrogens is 2. The van der Waals surface area contributed by atoms with E-state index < -0.39 is 0 Å². The van der Waals surface area contributed by atoms with Gasteiger partial charge in [0.05, 0.1) is 10.9 Å². The molecule has 4 heteroatoms. The van der Waals surface area contributed by atoms with Gasteiger partial charge in [0, 0.05) is 7.05 Å². The number of benzene rings is 1. The lowest BCUT2D eigenvalue weighted by atomic mass is 10.1. The third-order valence-electron chi connectivity index (χ3n) is 2.34. The first-order chi connectivity index (χ1) is 6.61. The first-order valence-electron chi connectivity index (χ1n) is 4.30. The third kappa shape index (κ3) is 1.19. The molecule has 0 aliphatic rings. The van der Waals surface area contributed by atoms with Crippen LogP contribution in [0, 0.1) is 11.7 Å². The van der Waals surface area contributed by atoms with Crippen molar-refractivity contribution in [2.45, 2.75) is 6.92 Å². The van der Waals surface area contributed by atoms with Crippen molar-refractivity contribution in [3.63, 3.8) is 0 Å². The van der Waals surface area contributed by atoms with Gasteiger partial charge < -0.3 is 4.98 Å². The van der Waals surface area contributed by atoms with Gasteiger partial charge in [-0.2, -0.15) is 0 Å². The number of aryl methyl sites for hydroxylation is 1. The van der Waals surface area contributed by atoms with E-state index in [1.165, 1.54) is 4.57 Å². The number of hydrogen-bond acceptors (Lipinski definition) is 2. The molecule has 1 aromatic carbocycles. The number of nitrogens with zero attached hydrogens (tertiary/aromatic N) is 1. The van der Waals surface area contributed by atoms with Crippen LogP contribution >= 0.6 is 12.2 Å². The van der Waals surface area contributed by atoms with Crippen LogP contribution in [0.15, 0.2) is 23.0 Å². The molecule has 0 aliphatic carbocycles. The molecule has 0 saturated heterocycles. The molecule has 1 heterocycles. The molecule has 1 aromatic heterocycles. The minimum Gasteiger partial charge on any atom is -0.331 e. The van der Waals surface area contributed by atoms with Crippen molar-refractivity contribution in [2.75, 3.05) is 0 Å². The zero-order valence-electron chi connectivity index (χ0n) is 8.00. The summed E-state index contributed by atoms with van der Waals surface area (Å²) in [4.78, 5) is 14.8. The summed E-state index contributed by atoms with van der Waals surface area (Å²) in [5.74, 6) is 0. The zero-order valence-corrected chi connectivity index (χ0v) is 8.81. The van der Waals surface area contributed by atoms with Gasteiger partial charge in [0.1, 0.15) is 0 Å². The van der Waals surface area contributed by atoms with Crippen LogP contribution in [0.2, 0.25) is 0 Å². The molecule has 0 bridgehead atoms. The standard InChI is InChI=1S/C10H10N2OS/c1-6-4-3-5-7-8(6)11-10(14)12(2)9(7)13/h3-5H,1-2H3,(H,11,14). The fourth-order valence-electron chi connectivity index (χ4n) is 1.48. The summed E-state index contributed by atoms with van der Waals surface area (Å²) in [7, 11) is 1.67. The largest absolute Gasteiger partial charge is 0.331 e. The molecule has 72 valence electrons. The second kappa shape index (κ2) is 3.06. The van der Waals surface area contributed by atoms with E-state index in [0.29, 0.717) is 10.2 Å². The lowest BCUT2D eigenvalue weighted by Crippen LogP contribution is -2.18. The molecular weight excluding hydrogens is 196 g/mol. The second-order valence-corrected chi connectivity index (χ2v) is 3.68. The molecule has 3 nitrogen and oxygen atoms in total. The second-order valence-electron chi connectivity index (χ2n) is 3.29. The molecule has 2 aromatic rings. The Hall–Kier alpha value is -1.42. The Morgan fingerprint density at radius 2 is 2.14 bits per heavy atom. The minimum atomic E-state index is -0.0487. The Kier molecular flexibility index (Phi) is 2.00. The average Bonchev–Trinajstić information content (AvgIpc) is 2.17. The summed E-state index contributed by atoms with van der Waals surface area (Å²) in [5, 5.41) is 0.682. The van der Waals surface area contributed by atoms with Crippen molar-refractivity contribution in [3.05, 3.63) is 38.9 Å². The van der Waals surface area contributed by atoms with Gasteiger partial charge in [0.25, 0.3) is 5.56 Å². The summed E-state index contributed by atoms with van der Waals surface area (Å²) < 4.78 is 1.90. The van der Waals surface area contributed by atoms with Gasteiger partial charge in [-0.1, -0.05) is 12.1 Å². The third-order valence-corrected chi connectivity index (χ3v) is 2.72. The van der Waals surface area contributed by atoms with Crippen molar-refractivity contribution in [1.29, 1.82) is 0 Å². The summed E-state index contributed by atoms with van der Waals surface area (Å²) in [6.45, 7) is 1.95. The van der Waals surface area contributed by atoms with E-state index in [2.05, 4.69) is 4.98 Å². The van der Waals surface area contributed by atoms with Gasteiger partial charge in [-0.05, 0) is 30.8 Å². The number of fused-ring (bicyclic) bond motifs is 1. The molecule has 0 fully saturated rings. The highest BCUT2D eigenvalue weighted by atomic mass is 32.1. The molecule has 0 aliphatic heterocycles. The van der Waals surface area contributed by atoms with Gasteiger partial charge in [0.15, 0.2) is 4.77 Å². The van der Waals surface area contributed by atoms with Crippen molar-refractivity contribution in [1.82, 2.24) is 9.55 Å². The van der Waals surface area contributed by atoms with Gasteiger partial charge in [-0.15, -0.1) is 0 Å². The Morgan fingerprint density at radius 1 is 1.43 bits per heavy atom. The maximum Gasteiger partial charge on any atom is 0.261 e. The fraction of sp³-hybridized carbons (Fsp3) is 0.200. The van der Waals surface area contributed by atoms with Gasteiger partial charge in [-0.25, -0.2) is 0 Å². The fourth-order valence-corrected chi connectivity index (χ4v) is 1.66. The summed E-state index contributed by atoms with van der Waals surface area (Å²) in [5.41, 5.74) is 1.82. The highest BCUT2D eigenvalue weighted by Crippen LogP contribution is 2.11. The maximum atomic E-state index is 11.8. The molecule has 0 radical (unpaired) electrons. The molecule has 0 unspecified atom stereocenters. The lowest BCUT2D eigenvalue weighted by Gasteiger charge is -2.04. The van der Waals surface area contributed by atoms with E-state index in [1.807, 2.05) is 19.1 Å².